The Morgan fingerprint density at radius 1 is 1.05 bits per heavy atom. The van der Waals surface area contributed by atoms with Crippen molar-refractivity contribution < 1.29 is 31.0 Å². The maximum absolute atomic E-state index is 9.88. The average molecular weight is 314 g/mol. The molecule has 19 heavy (non-hydrogen) atoms. The van der Waals surface area contributed by atoms with Crippen LogP contribution in [0, 0.1) is 0 Å². The number of thiol groups is 1. The van der Waals surface area contributed by atoms with Crippen molar-refractivity contribution in [1.82, 2.24) is 0 Å². The summed E-state index contributed by atoms with van der Waals surface area (Å²) in [4.78, 5) is -1.95. The van der Waals surface area contributed by atoms with Gasteiger partial charge in [0.05, 0.1) is 6.61 Å². The van der Waals surface area contributed by atoms with Gasteiger partial charge in [-0.25, -0.2) is 8.42 Å². The molecule has 2 aliphatic rings. The number of fused-ring (bicyclic) bond motifs is 1. The summed E-state index contributed by atoms with van der Waals surface area (Å²) in [6, 6.07) is 8.48. The Balaban J connectivity index is 0.000000263. The van der Waals surface area contributed by atoms with Gasteiger partial charge in [-0.05, 0) is 11.1 Å². The lowest BCUT2D eigenvalue weighted by atomic mass is 9.95. The van der Waals surface area contributed by atoms with E-state index in [9.17, 15) is 8.42 Å². The molecule has 0 heterocycles. The summed E-state index contributed by atoms with van der Waals surface area (Å²) < 4.78 is 51.3. The van der Waals surface area contributed by atoms with Gasteiger partial charge in [-0.1, -0.05) is 24.3 Å². The topological polar surface area (TPSA) is 181 Å². The third-order valence-corrected chi connectivity index (χ3v) is 2.63. The van der Waals surface area contributed by atoms with Crippen LogP contribution in [0.4, 0.5) is 0 Å². The van der Waals surface area contributed by atoms with Gasteiger partial charge in [0.25, 0.3) is 0 Å². The molecule has 2 rings (SSSR count). The molecule has 0 aliphatic heterocycles. The van der Waals surface area contributed by atoms with Crippen molar-refractivity contribution in [3.8, 4) is 11.1 Å². The zero-order chi connectivity index (χ0) is 15.3. The van der Waals surface area contributed by atoms with Crippen LogP contribution >= 0.6 is 0 Å². The highest BCUT2D eigenvalue weighted by atomic mass is 32.3. The number of hydrogen-bond donors (Lipinski definition) is 6. The van der Waals surface area contributed by atoms with Crippen LogP contribution in [0.25, 0.3) is 11.1 Å². The van der Waals surface area contributed by atoms with Gasteiger partial charge in [-0.2, -0.15) is 8.42 Å². The Morgan fingerprint density at radius 3 is 1.32 bits per heavy atom. The van der Waals surface area contributed by atoms with Crippen LogP contribution < -0.4 is 11.5 Å². The smallest absolute Gasteiger partial charge is 0.392 e. The molecule has 0 aromatic heterocycles. The molecule has 0 radical (unpaired) electrons. The fourth-order valence-electron chi connectivity index (χ4n) is 0.720. The second-order valence-corrected chi connectivity index (χ2v) is 5.67. The van der Waals surface area contributed by atoms with Crippen LogP contribution in [0.2, 0.25) is 0 Å². The highest BCUT2D eigenvalue weighted by Gasteiger charge is 2.20. The molecule has 2 aliphatic carbocycles. The van der Waals surface area contributed by atoms with E-state index in [0.717, 1.165) is 0 Å². The zero-order valence-electron chi connectivity index (χ0n) is 9.50. The quantitative estimate of drug-likeness (QED) is 0.211. The van der Waals surface area contributed by atoms with E-state index in [4.69, 9.17) is 34.1 Å². The van der Waals surface area contributed by atoms with Crippen molar-refractivity contribution in [3.05, 3.63) is 24.3 Å². The molecule has 9 nitrogen and oxygen atoms in total. The van der Waals surface area contributed by atoms with Crippen molar-refractivity contribution in [2.75, 3.05) is 6.61 Å². The maximum atomic E-state index is 9.88. The lowest BCUT2D eigenvalue weighted by Gasteiger charge is -2.11. The first-order valence-corrected chi connectivity index (χ1v) is 7.18. The zero-order valence-corrected chi connectivity index (χ0v) is 11.2. The minimum absolute atomic E-state index is 0.758. The fraction of sp³-hybridized carbons (Fsp3) is 0.250. The molecule has 0 amide bonds. The molecule has 0 saturated carbocycles. The van der Waals surface area contributed by atoms with Gasteiger partial charge in [-0.15, -0.1) is 0 Å². The molecule has 0 atom stereocenters. The third kappa shape index (κ3) is 7.84. The first-order chi connectivity index (χ1) is 8.47. The lowest BCUT2D eigenvalue weighted by Crippen LogP contribution is -2.53. The summed E-state index contributed by atoms with van der Waals surface area (Å²) in [6.07, 6.45) is 0. The van der Waals surface area contributed by atoms with Crippen LogP contribution in [0.1, 0.15) is 0 Å². The summed E-state index contributed by atoms with van der Waals surface area (Å²) in [5, 5.41) is 8.13. The van der Waals surface area contributed by atoms with Crippen LogP contribution in [-0.4, -0.2) is 42.6 Å². The van der Waals surface area contributed by atoms with Crippen LogP contribution in [0.5, 0.6) is 0 Å². The van der Waals surface area contributed by atoms with E-state index in [0.29, 0.717) is 0 Å². The molecule has 0 aromatic rings. The van der Waals surface area contributed by atoms with E-state index >= 15 is 0 Å². The van der Waals surface area contributed by atoms with E-state index < -0.39 is 32.7 Å². The Labute approximate surface area is 111 Å². The normalized spacial score (nSPS) is 11.9. The van der Waals surface area contributed by atoms with Gasteiger partial charge in [0, 0.05) is 0 Å². The lowest BCUT2D eigenvalue weighted by molar-refractivity contribution is 0.248. The summed E-state index contributed by atoms with van der Waals surface area (Å²) in [5.41, 5.74) is 12.4. The number of hydrogen-bond acceptors (Lipinski definition) is 7. The Hall–Kier alpha value is -1.08. The molecular weight excluding hydrogens is 300 g/mol. The van der Waals surface area contributed by atoms with Crippen molar-refractivity contribution in [2.45, 2.75) is 4.99 Å². The number of aliphatic hydroxyl groups excluding tert-OH is 1. The maximum Gasteiger partial charge on any atom is 0.394 e. The van der Waals surface area contributed by atoms with Crippen LogP contribution in [0.15, 0.2) is 24.3 Å². The molecular formula is C8H14N2O7S2. The van der Waals surface area contributed by atoms with Crippen molar-refractivity contribution in [2.24, 2.45) is 11.5 Å². The van der Waals surface area contributed by atoms with Gasteiger partial charge >= 0.3 is 10.4 Å². The van der Waals surface area contributed by atoms with Gasteiger partial charge in [0.1, 0.15) is 0 Å². The second-order valence-electron chi connectivity index (χ2n) is 3.43. The largest absolute Gasteiger partial charge is 0.394 e. The van der Waals surface area contributed by atoms with Gasteiger partial charge in [0.2, 0.25) is 0 Å². The molecule has 0 saturated heterocycles. The summed E-state index contributed by atoms with van der Waals surface area (Å²) in [6.45, 7) is -0.758. The van der Waals surface area contributed by atoms with E-state index in [2.05, 4.69) is 24.3 Å². The van der Waals surface area contributed by atoms with Gasteiger partial charge in [-0.3, -0.25) is 20.6 Å². The minimum atomic E-state index is -4.67. The fourth-order valence-corrected chi connectivity index (χ4v) is 0.836. The van der Waals surface area contributed by atoms with Gasteiger partial charge in [0.15, 0.2) is 15.7 Å². The van der Waals surface area contributed by atoms with Crippen LogP contribution in [-0.2, 0) is 21.1 Å². The standard InChI is InChI=1S/C6H4.C2H8N2O3S.H2O4S/c1-2-6-4-3-5(1)6;3-2(4,1-5)8(6)7;1-5(2,3)4/h1-4H;5,8H,1,3-4H2;(H2,1,2,3,4). The molecule has 0 unspecified atom stereocenters. The summed E-state index contributed by atoms with van der Waals surface area (Å²) in [7, 11) is -7.60. The number of rotatable bonds is 2. The van der Waals surface area contributed by atoms with Crippen LogP contribution in [0.3, 0.4) is 0 Å². The molecule has 0 fully saturated rings. The molecule has 110 valence electrons. The second kappa shape index (κ2) is 6.91. The number of aliphatic hydroxyl groups is 1. The highest BCUT2D eigenvalue weighted by molar-refractivity contribution is 7.79. The minimum Gasteiger partial charge on any atom is -0.392 e. The number of benzene rings is 1. The monoisotopic (exact) mass is 314 g/mol. The SMILES string of the molecule is NC(N)(CO)[SH](=O)=O.O=S(=O)(O)O.c1cc2ccc1-2. The van der Waals surface area contributed by atoms with E-state index in [-0.39, 0.29) is 0 Å². The molecule has 0 bridgehead atoms. The Morgan fingerprint density at radius 2 is 1.32 bits per heavy atom. The molecule has 0 aromatic carbocycles. The highest BCUT2D eigenvalue weighted by Crippen LogP contribution is 2.29. The van der Waals surface area contributed by atoms with Crippen molar-refractivity contribution >= 4 is 21.1 Å². The summed E-state index contributed by atoms with van der Waals surface area (Å²) in [5.74, 6) is 0. The van der Waals surface area contributed by atoms with Crippen molar-refractivity contribution in [3.63, 3.8) is 0 Å². The van der Waals surface area contributed by atoms with Crippen molar-refractivity contribution in [1.29, 1.82) is 0 Å². The van der Waals surface area contributed by atoms with E-state index in [1.165, 1.54) is 11.1 Å². The van der Waals surface area contributed by atoms with E-state index in [1.54, 1.807) is 0 Å². The molecule has 11 heteroatoms. The third-order valence-electron chi connectivity index (χ3n) is 1.81. The predicted octanol–water partition coefficient (Wildman–Crippen LogP) is -1.82. The Kier molecular flexibility index (Phi) is 6.51. The molecule has 7 N–H and O–H groups in total. The molecule has 0 spiro atoms. The number of nitrogens with two attached hydrogens (primary N) is 2. The predicted molar refractivity (Wildman–Crippen MR) is 68.1 cm³/mol. The Bertz CT molecular complexity index is 541. The first kappa shape index (κ1) is 17.9. The van der Waals surface area contributed by atoms with Gasteiger partial charge < -0.3 is 5.11 Å². The average Bonchev–Trinajstić information content (AvgIpc) is 2.21. The summed E-state index contributed by atoms with van der Waals surface area (Å²) >= 11 is 0. The first-order valence-electron chi connectivity index (χ1n) is 4.61. The van der Waals surface area contributed by atoms with E-state index in [1.807, 2.05) is 0 Å².